The molecule has 0 nitrogen and oxygen atoms in total. The Hall–Kier alpha value is -0.000000000000000111. The molecule has 0 aliphatic heterocycles. The van der Waals surface area contributed by atoms with E-state index in [-0.39, 0.29) is 15.6 Å². The zero-order chi connectivity index (χ0) is 12.5. The van der Waals surface area contributed by atoms with Gasteiger partial charge in [-0.15, -0.1) is 0 Å². The number of hydrogen-bond donors (Lipinski definition) is 0. The monoisotopic (exact) mass is 338 g/mol. The van der Waals surface area contributed by atoms with Crippen molar-refractivity contribution >= 4 is 39.1 Å². The van der Waals surface area contributed by atoms with Crippen molar-refractivity contribution in [2.24, 2.45) is 0 Å². The third-order valence-electron chi connectivity index (χ3n) is 1.86. The summed E-state index contributed by atoms with van der Waals surface area (Å²) < 4.78 is 50.3. The summed E-state index contributed by atoms with van der Waals surface area (Å²) in [6.45, 7) is 0. The molecule has 0 spiro atoms. The molecule has 0 fully saturated rings. The second-order valence-electron chi connectivity index (χ2n) is 3.00. The van der Waals surface area contributed by atoms with Crippen LogP contribution in [0.2, 0.25) is 10.0 Å². The van der Waals surface area contributed by atoms with E-state index in [0.29, 0.717) is 0 Å². The molecule has 0 radical (unpaired) electrons. The minimum Gasteiger partial charge on any atom is -0.204 e. The van der Waals surface area contributed by atoms with E-state index in [1.165, 1.54) is 18.2 Å². The van der Waals surface area contributed by atoms with E-state index in [0.717, 1.165) is 0 Å². The van der Waals surface area contributed by atoms with Crippen molar-refractivity contribution in [2.45, 2.75) is 17.2 Å². The van der Waals surface area contributed by atoms with E-state index in [1.54, 1.807) is 0 Å². The van der Waals surface area contributed by atoms with Crippen LogP contribution in [-0.4, -0.2) is 12.3 Å². The molecule has 1 aromatic carbocycles. The van der Waals surface area contributed by atoms with Crippen LogP contribution >= 0.6 is 39.1 Å². The highest BCUT2D eigenvalue weighted by molar-refractivity contribution is 9.09. The van der Waals surface area contributed by atoms with Gasteiger partial charge in [-0.1, -0.05) is 45.2 Å². The SMILES string of the molecule is FC(F)C(F)(F)C(Br)c1ccc(Cl)cc1Cl. The first-order valence-corrected chi connectivity index (χ1v) is 5.69. The van der Waals surface area contributed by atoms with Gasteiger partial charge in [-0.05, 0) is 17.7 Å². The van der Waals surface area contributed by atoms with Gasteiger partial charge in [-0.3, -0.25) is 0 Å². The van der Waals surface area contributed by atoms with E-state index >= 15 is 0 Å². The molecule has 1 aromatic rings. The zero-order valence-electron chi connectivity index (χ0n) is 7.53. The van der Waals surface area contributed by atoms with Crippen LogP contribution in [-0.2, 0) is 0 Å². The Bertz CT molecular complexity index is 384. The van der Waals surface area contributed by atoms with Crippen molar-refractivity contribution in [1.82, 2.24) is 0 Å². The standard InChI is InChI=1S/C9H5BrCl2F4/c10-7(9(15,16)8(13)14)5-2-1-4(11)3-6(5)12/h1-3,7-8H. The quantitative estimate of drug-likeness (QED) is 0.515. The second kappa shape index (κ2) is 5.10. The molecule has 0 N–H and O–H groups in total. The molecule has 1 unspecified atom stereocenters. The smallest absolute Gasteiger partial charge is 0.204 e. The maximum Gasteiger partial charge on any atom is 0.323 e. The molecule has 0 bridgehead atoms. The Morgan fingerprint density at radius 2 is 1.75 bits per heavy atom. The van der Waals surface area contributed by atoms with Gasteiger partial charge in [-0.25, -0.2) is 8.78 Å². The molecule has 16 heavy (non-hydrogen) atoms. The van der Waals surface area contributed by atoms with E-state index in [2.05, 4.69) is 15.9 Å². The fourth-order valence-corrected chi connectivity index (χ4v) is 2.27. The van der Waals surface area contributed by atoms with Crippen LogP contribution in [0, 0.1) is 0 Å². The molecule has 1 rings (SSSR count). The summed E-state index contributed by atoms with van der Waals surface area (Å²) in [7, 11) is 0. The van der Waals surface area contributed by atoms with Crippen LogP contribution < -0.4 is 0 Å². The van der Waals surface area contributed by atoms with E-state index in [1.807, 2.05) is 0 Å². The molecule has 90 valence electrons. The van der Waals surface area contributed by atoms with Gasteiger partial charge >= 0.3 is 12.3 Å². The maximum absolute atomic E-state index is 13.0. The summed E-state index contributed by atoms with van der Waals surface area (Å²) in [5.41, 5.74) is -0.128. The van der Waals surface area contributed by atoms with Gasteiger partial charge in [0.05, 0.1) is 0 Å². The molecule has 0 aliphatic rings. The molecule has 0 aliphatic carbocycles. The van der Waals surface area contributed by atoms with E-state index in [9.17, 15) is 17.6 Å². The van der Waals surface area contributed by atoms with Gasteiger partial charge < -0.3 is 0 Å². The highest BCUT2D eigenvalue weighted by atomic mass is 79.9. The fraction of sp³-hybridized carbons (Fsp3) is 0.333. The number of alkyl halides is 5. The van der Waals surface area contributed by atoms with Crippen LogP contribution in [0.15, 0.2) is 18.2 Å². The Labute approximate surface area is 108 Å². The number of rotatable bonds is 3. The maximum atomic E-state index is 13.0. The predicted octanol–water partition coefficient (Wildman–Crippen LogP) is 5.33. The minimum atomic E-state index is -4.20. The second-order valence-corrected chi connectivity index (χ2v) is 4.76. The molecular formula is C9H5BrCl2F4. The highest BCUT2D eigenvalue weighted by Gasteiger charge is 2.48. The normalized spacial score (nSPS) is 14.2. The summed E-state index contributed by atoms with van der Waals surface area (Å²) in [6, 6.07) is 3.70. The van der Waals surface area contributed by atoms with Crippen molar-refractivity contribution in [2.75, 3.05) is 0 Å². The fourth-order valence-electron chi connectivity index (χ4n) is 1.02. The molecule has 0 heterocycles. The van der Waals surface area contributed by atoms with Gasteiger partial charge in [0.25, 0.3) is 0 Å². The summed E-state index contributed by atoms with van der Waals surface area (Å²) in [4.78, 5) is -1.86. The van der Waals surface area contributed by atoms with Gasteiger partial charge in [-0.2, -0.15) is 8.78 Å². The topological polar surface area (TPSA) is 0 Å². The average Bonchev–Trinajstić information content (AvgIpc) is 2.16. The third-order valence-corrected chi connectivity index (χ3v) is 3.53. The Morgan fingerprint density at radius 3 is 2.19 bits per heavy atom. The lowest BCUT2D eigenvalue weighted by Crippen LogP contribution is -2.31. The van der Waals surface area contributed by atoms with Crippen molar-refractivity contribution in [1.29, 1.82) is 0 Å². The van der Waals surface area contributed by atoms with Crippen LogP contribution in [0.5, 0.6) is 0 Å². The average molecular weight is 340 g/mol. The van der Waals surface area contributed by atoms with Gasteiger partial charge in [0, 0.05) is 10.0 Å². The molecule has 0 saturated heterocycles. The van der Waals surface area contributed by atoms with Crippen molar-refractivity contribution < 1.29 is 17.6 Å². The van der Waals surface area contributed by atoms with Crippen molar-refractivity contribution in [3.63, 3.8) is 0 Å². The molecule has 0 aromatic heterocycles. The first kappa shape index (κ1) is 14.1. The van der Waals surface area contributed by atoms with Gasteiger partial charge in [0.15, 0.2) is 0 Å². The molecule has 0 amide bonds. The van der Waals surface area contributed by atoms with Crippen LogP contribution in [0.1, 0.15) is 10.4 Å². The van der Waals surface area contributed by atoms with Crippen molar-refractivity contribution in [3.05, 3.63) is 33.8 Å². The third kappa shape index (κ3) is 2.81. The Kier molecular flexibility index (Phi) is 4.49. The highest BCUT2D eigenvalue weighted by Crippen LogP contribution is 2.45. The van der Waals surface area contributed by atoms with Crippen LogP contribution in [0.4, 0.5) is 17.6 Å². The lowest BCUT2D eigenvalue weighted by Gasteiger charge is -2.22. The molecule has 0 saturated carbocycles. The summed E-state index contributed by atoms with van der Waals surface area (Å²) >= 11 is 13.7. The number of benzene rings is 1. The summed E-state index contributed by atoms with van der Waals surface area (Å²) in [6.07, 6.45) is -3.77. The Balaban J connectivity index is 3.10. The van der Waals surface area contributed by atoms with E-state index < -0.39 is 17.2 Å². The summed E-state index contributed by atoms with van der Waals surface area (Å²) in [5, 5.41) is 0.156. The minimum absolute atomic E-state index is 0.0882. The Morgan fingerprint density at radius 1 is 1.19 bits per heavy atom. The number of halogens is 7. The van der Waals surface area contributed by atoms with Gasteiger partial charge in [0.2, 0.25) is 0 Å². The summed E-state index contributed by atoms with van der Waals surface area (Å²) in [5.74, 6) is -4.20. The van der Waals surface area contributed by atoms with Crippen LogP contribution in [0.25, 0.3) is 0 Å². The number of hydrogen-bond acceptors (Lipinski definition) is 0. The first-order chi connectivity index (χ1) is 7.26. The predicted molar refractivity (Wildman–Crippen MR) is 59.1 cm³/mol. The van der Waals surface area contributed by atoms with Crippen LogP contribution in [0.3, 0.4) is 0 Å². The lowest BCUT2D eigenvalue weighted by atomic mass is 10.1. The largest absolute Gasteiger partial charge is 0.323 e. The molecular weight excluding hydrogens is 335 g/mol. The van der Waals surface area contributed by atoms with E-state index in [4.69, 9.17) is 23.2 Å². The zero-order valence-corrected chi connectivity index (χ0v) is 10.6. The lowest BCUT2D eigenvalue weighted by molar-refractivity contribution is -0.127. The first-order valence-electron chi connectivity index (χ1n) is 4.01. The molecule has 1 atom stereocenters. The van der Waals surface area contributed by atoms with Crippen molar-refractivity contribution in [3.8, 4) is 0 Å². The molecule has 7 heteroatoms. The van der Waals surface area contributed by atoms with Gasteiger partial charge in [0.1, 0.15) is 4.83 Å².